The number of amides is 1. The second-order valence-electron chi connectivity index (χ2n) is 9.20. The Hall–Kier alpha value is -2.38. The number of β-amino-alcohol motifs (C(OH)–C–C–N with tert-alkyl or cyclic N) is 1. The summed E-state index contributed by atoms with van der Waals surface area (Å²) >= 11 is 0. The lowest BCUT2D eigenvalue weighted by Gasteiger charge is -2.41. The van der Waals surface area contributed by atoms with E-state index in [-0.39, 0.29) is 11.8 Å². The van der Waals surface area contributed by atoms with Gasteiger partial charge >= 0.3 is 0 Å². The molecule has 0 aromatic heterocycles. The van der Waals surface area contributed by atoms with E-state index in [0.29, 0.717) is 51.6 Å². The first-order chi connectivity index (χ1) is 15.0. The van der Waals surface area contributed by atoms with Gasteiger partial charge in [0.25, 0.3) is 0 Å². The fourth-order valence-corrected chi connectivity index (χ4v) is 4.63. The van der Waals surface area contributed by atoms with Crippen LogP contribution in [0.25, 0.3) is 0 Å². The molecule has 3 aliphatic rings. The Bertz CT molecular complexity index is 795. The molecule has 1 aromatic carbocycles. The Morgan fingerprint density at radius 1 is 1.32 bits per heavy atom. The zero-order chi connectivity index (χ0) is 21.7. The molecule has 4 rings (SSSR count). The quantitative estimate of drug-likeness (QED) is 0.646. The van der Waals surface area contributed by atoms with E-state index >= 15 is 0 Å². The largest absolute Gasteiger partial charge is 0.388 e. The van der Waals surface area contributed by atoms with E-state index < -0.39 is 5.60 Å². The minimum absolute atomic E-state index is 0.179. The molecule has 3 aliphatic heterocycles. The predicted octanol–water partition coefficient (Wildman–Crippen LogP) is 1.67. The van der Waals surface area contributed by atoms with E-state index in [1.165, 1.54) is 5.56 Å². The fraction of sp³-hybridized carbons (Fsp3) is 0.583. The Morgan fingerprint density at radius 3 is 2.74 bits per heavy atom. The van der Waals surface area contributed by atoms with Crippen molar-refractivity contribution in [3.05, 3.63) is 48.2 Å². The third kappa shape index (κ3) is 5.86. The lowest BCUT2D eigenvalue weighted by atomic mass is 9.90. The number of rotatable bonds is 6. The number of aliphatic hydroxyl groups is 1. The van der Waals surface area contributed by atoms with Gasteiger partial charge in [-0.3, -0.25) is 4.79 Å². The van der Waals surface area contributed by atoms with E-state index in [9.17, 15) is 9.90 Å². The molecule has 2 atom stereocenters. The number of benzene rings is 1. The van der Waals surface area contributed by atoms with Gasteiger partial charge in [0.2, 0.25) is 5.91 Å². The number of likely N-dealkylation sites (tertiary alicyclic amines) is 1. The summed E-state index contributed by atoms with van der Waals surface area (Å²) in [6.07, 6.45) is 6.86. The number of nitrogens with zero attached hydrogens (tertiary/aromatic N) is 3. The molecule has 0 bridgehead atoms. The summed E-state index contributed by atoms with van der Waals surface area (Å²) in [5.41, 5.74) is 0.419. The molecule has 0 saturated carbocycles. The van der Waals surface area contributed by atoms with Crippen LogP contribution in [0.15, 0.2) is 47.6 Å². The monoisotopic (exact) mass is 425 g/mol. The number of carbonyl (C=O) groups excluding carboxylic acids is 1. The molecule has 1 unspecified atom stereocenters. The van der Waals surface area contributed by atoms with Crippen LogP contribution in [-0.4, -0.2) is 77.7 Å². The summed E-state index contributed by atoms with van der Waals surface area (Å²) in [6.45, 7) is 6.46. The molecular formula is C24H35N5O2. The first-order valence-corrected chi connectivity index (χ1v) is 11.5. The zero-order valence-electron chi connectivity index (χ0n) is 18.5. The third-order valence-electron chi connectivity index (χ3n) is 6.67. The van der Waals surface area contributed by atoms with Crippen molar-refractivity contribution in [2.45, 2.75) is 50.2 Å². The molecule has 1 aromatic rings. The minimum atomic E-state index is -0.776. The van der Waals surface area contributed by atoms with Crippen molar-refractivity contribution in [3.8, 4) is 0 Å². The summed E-state index contributed by atoms with van der Waals surface area (Å²) in [7, 11) is 0. The SMILES string of the molecule is CC(CC(=O)N1CCC(O)(CN2C=CC(N[C@@H]3CCNC3)=NC2)CC1)c1ccccc1. The molecule has 3 N–H and O–H groups in total. The van der Waals surface area contributed by atoms with Gasteiger partial charge in [0.1, 0.15) is 12.5 Å². The Labute approximate surface area is 185 Å². The summed E-state index contributed by atoms with van der Waals surface area (Å²) in [4.78, 5) is 21.3. The van der Waals surface area contributed by atoms with Crippen molar-refractivity contribution in [3.63, 3.8) is 0 Å². The number of carbonyl (C=O) groups is 1. The van der Waals surface area contributed by atoms with Gasteiger partial charge in [0.15, 0.2) is 0 Å². The third-order valence-corrected chi connectivity index (χ3v) is 6.67. The van der Waals surface area contributed by atoms with E-state index in [1.54, 1.807) is 0 Å². The highest BCUT2D eigenvalue weighted by atomic mass is 16.3. The van der Waals surface area contributed by atoms with Crippen molar-refractivity contribution in [1.82, 2.24) is 20.4 Å². The number of nitrogens with one attached hydrogen (secondary N) is 2. The molecule has 168 valence electrons. The molecule has 2 saturated heterocycles. The molecule has 7 heteroatoms. The van der Waals surface area contributed by atoms with Gasteiger partial charge in [-0.25, -0.2) is 4.99 Å². The van der Waals surface area contributed by atoms with Crippen molar-refractivity contribution in [2.24, 2.45) is 4.99 Å². The lowest BCUT2D eigenvalue weighted by Crippen LogP contribution is -2.52. The highest BCUT2D eigenvalue weighted by Crippen LogP contribution is 2.26. The van der Waals surface area contributed by atoms with E-state index in [4.69, 9.17) is 0 Å². The molecule has 0 spiro atoms. The summed E-state index contributed by atoms with van der Waals surface area (Å²) < 4.78 is 0. The number of amidine groups is 1. The number of hydrogen-bond acceptors (Lipinski definition) is 6. The standard InChI is InChI=1S/C24H35N5O2/c1-19(20-5-3-2-4-6-20)15-23(30)29-13-9-24(31,10-14-29)17-28-12-8-22(26-18-28)27-21-7-11-25-16-21/h2-6,8,12,19,21,25,31H,7,9-11,13-18H2,1H3,(H,26,27)/t19?,21-/m1/s1. The van der Waals surface area contributed by atoms with Gasteiger partial charge in [0.05, 0.1) is 5.60 Å². The lowest BCUT2D eigenvalue weighted by molar-refractivity contribution is -0.136. The van der Waals surface area contributed by atoms with Crippen LogP contribution in [0.4, 0.5) is 0 Å². The van der Waals surface area contributed by atoms with E-state index in [1.807, 2.05) is 35.4 Å². The van der Waals surface area contributed by atoms with Gasteiger partial charge in [-0.1, -0.05) is 37.3 Å². The highest BCUT2D eigenvalue weighted by molar-refractivity contribution is 5.93. The maximum Gasteiger partial charge on any atom is 0.223 e. The molecule has 31 heavy (non-hydrogen) atoms. The van der Waals surface area contributed by atoms with Crippen molar-refractivity contribution >= 4 is 11.7 Å². The molecule has 7 nitrogen and oxygen atoms in total. The van der Waals surface area contributed by atoms with Crippen LogP contribution in [0.1, 0.15) is 44.1 Å². The van der Waals surface area contributed by atoms with Crippen molar-refractivity contribution < 1.29 is 9.90 Å². The van der Waals surface area contributed by atoms with Crippen LogP contribution in [0, 0.1) is 0 Å². The fourth-order valence-electron chi connectivity index (χ4n) is 4.63. The molecule has 2 fully saturated rings. The Morgan fingerprint density at radius 2 is 2.10 bits per heavy atom. The van der Waals surface area contributed by atoms with Crippen LogP contribution in [0.2, 0.25) is 0 Å². The first kappa shape index (κ1) is 21.8. The van der Waals surface area contributed by atoms with Gasteiger partial charge in [-0.2, -0.15) is 0 Å². The smallest absolute Gasteiger partial charge is 0.223 e. The maximum absolute atomic E-state index is 12.8. The molecular weight excluding hydrogens is 390 g/mol. The highest BCUT2D eigenvalue weighted by Gasteiger charge is 2.35. The number of hydrogen-bond donors (Lipinski definition) is 3. The summed E-state index contributed by atoms with van der Waals surface area (Å²) in [5, 5.41) is 17.9. The van der Waals surface area contributed by atoms with E-state index in [0.717, 1.165) is 25.3 Å². The van der Waals surface area contributed by atoms with Crippen LogP contribution in [0.5, 0.6) is 0 Å². The number of piperidine rings is 1. The zero-order valence-corrected chi connectivity index (χ0v) is 18.5. The van der Waals surface area contributed by atoms with Crippen LogP contribution >= 0.6 is 0 Å². The first-order valence-electron chi connectivity index (χ1n) is 11.5. The maximum atomic E-state index is 12.8. The minimum Gasteiger partial charge on any atom is -0.388 e. The van der Waals surface area contributed by atoms with Crippen molar-refractivity contribution in [1.29, 1.82) is 0 Å². The van der Waals surface area contributed by atoms with Gasteiger partial charge < -0.3 is 25.5 Å². The van der Waals surface area contributed by atoms with Crippen LogP contribution in [-0.2, 0) is 4.79 Å². The Kier molecular flexibility index (Phi) is 6.92. The van der Waals surface area contributed by atoms with Gasteiger partial charge in [-0.05, 0) is 43.4 Å². The second kappa shape index (κ2) is 9.83. The molecule has 3 heterocycles. The van der Waals surface area contributed by atoms with Gasteiger partial charge in [-0.15, -0.1) is 0 Å². The number of aliphatic imine (C=N–C) groups is 1. The van der Waals surface area contributed by atoms with E-state index in [2.05, 4.69) is 39.6 Å². The van der Waals surface area contributed by atoms with Crippen LogP contribution in [0.3, 0.4) is 0 Å². The molecule has 1 amide bonds. The summed E-state index contributed by atoms with van der Waals surface area (Å²) in [5.74, 6) is 1.30. The second-order valence-corrected chi connectivity index (χ2v) is 9.20. The molecule has 0 radical (unpaired) electrons. The predicted molar refractivity (Wildman–Crippen MR) is 123 cm³/mol. The normalized spacial score (nSPS) is 24.1. The Balaban J connectivity index is 1.21. The topological polar surface area (TPSA) is 80.2 Å². The van der Waals surface area contributed by atoms with Gasteiger partial charge in [0, 0.05) is 44.8 Å². The average Bonchev–Trinajstić information content (AvgIpc) is 3.29. The average molecular weight is 426 g/mol. The summed E-state index contributed by atoms with van der Waals surface area (Å²) in [6, 6.07) is 10.6. The molecule has 0 aliphatic carbocycles. The van der Waals surface area contributed by atoms with Crippen molar-refractivity contribution in [2.75, 3.05) is 39.4 Å². The van der Waals surface area contributed by atoms with Crippen LogP contribution < -0.4 is 10.6 Å².